The second kappa shape index (κ2) is 9.27. The summed E-state index contributed by atoms with van der Waals surface area (Å²) in [5, 5.41) is 12.9. The van der Waals surface area contributed by atoms with E-state index < -0.39 is 5.91 Å². The van der Waals surface area contributed by atoms with Gasteiger partial charge >= 0.3 is 0 Å². The molecule has 4 nitrogen and oxygen atoms in total. The van der Waals surface area contributed by atoms with Crippen LogP contribution in [0.2, 0.25) is 10.0 Å². The number of halogens is 2. The molecule has 28 heavy (non-hydrogen) atoms. The smallest absolute Gasteiger partial charge is 0.262 e. The molecular weight excluding hydrogens is 395 g/mol. The van der Waals surface area contributed by atoms with Gasteiger partial charge in [0, 0.05) is 18.2 Å². The van der Waals surface area contributed by atoms with E-state index in [-0.39, 0.29) is 5.57 Å². The highest BCUT2D eigenvalue weighted by Gasteiger charge is 2.11. The van der Waals surface area contributed by atoms with Crippen LogP contribution >= 0.6 is 23.2 Å². The Hall–Kier alpha value is -3.00. The van der Waals surface area contributed by atoms with E-state index in [2.05, 4.69) is 5.32 Å². The number of nitrogens with zero attached hydrogens (tertiary/aromatic N) is 1. The van der Waals surface area contributed by atoms with Crippen molar-refractivity contribution in [1.82, 2.24) is 5.32 Å². The van der Waals surface area contributed by atoms with Crippen LogP contribution in [0.25, 0.3) is 17.4 Å². The van der Waals surface area contributed by atoms with Gasteiger partial charge in [0.2, 0.25) is 0 Å². The van der Waals surface area contributed by atoms with E-state index in [1.54, 1.807) is 30.3 Å². The number of carbonyl (C=O) groups excluding carboxylic acids is 1. The first-order valence-corrected chi connectivity index (χ1v) is 9.31. The SMILES string of the molecule is N#CC(=Cc1ccc(-c2ccc(Cl)c(Cl)c2)o1)C(=O)NCCc1ccccc1. The largest absolute Gasteiger partial charge is 0.457 e. The lowest BCUT2D eigenvalue weighted by Crippen LogP contribution is -2.26. The summed E-state index contributed by atoms with van der Waals surface area (Å²) < 4.78 is 5.71. The summed E-state index contributed by atoms with van der Waals surface area (Å²) in [6.07, 6.45) is 2.10. The molecule has 0 bridgehead atoms. The summed E-state index contributed by atoms with van der Waals surface area (Å²) in [7, 11) is 0. The fourth-order valence-electron chi connectivity index (χ4n) is 2.59. The standard InChI is InChI=1S/C22H16Cl2N2O2/c23-19-8-6-16(13-20(19)24)21-9-7-18(28-21)12-17(14-25)22(27)26-11-10-15-4-2-1-3-5-15/h1-9,12-13H,10-11H2,(H,26,27). The van der Waals surface area contributed by atoms with Crippen LogP contribution in [-0.4, -0.2) is 12.5 Å². The highest BCUT2D eigenvalue weighted by Crippen LogP contribution is 2.30. The maximum absolute atomic E-state index is 12.3. The van der Waals surface area contributed by atoms with E-state index in [0.717, 1.165) is 11.1 Å². The van der Waals surface area contributed by atoms with Gasteiger partial charge in [0.1, 0.15) is 23.2 Å². The van der Waals surface area contributed by atoms with Gasteiger partial charge < -0.3 is 9.73 Å². The molecular formula is C22H16Cl2N2O2. The van der Waals surface area contributed by atoms with Gasteiger partial charge in [0.15, 0.2) is 0 Å². The Labute approximate surface area is 173 Å². The van der Waals surface area contributed by atoms with Crippen LogP contribution in [0.15, 0.2) is 70.7 Å². The first-order chi connectivity index (χ1) is 13.6. The molecule has 0 saturated carbocycles. The molecule has 1 amide bonds. The van der Waals surface area contributed by atoms with Crippen molar-refractivity contribution in [2.24, 2.45) is 0 Å². The van der Waals surface area contributed by atoms with Crippen LogP contribution in [0.5, 0.6) is 0 Å². The van der Waals surface area contributed by atoms with Gasteiger partial charge in [-0.2, -0.15) is 5.26 Å². The van der Waals surface area contributed by atoms with Crippen molar-refractivity contribution in [3.05, 3.63) is 87.6 Å². The van der Waals surface area contributed by atoms with E-state index >= 15 is 0 Å². The molecule has 0 atom stereocenters. The summed E-state index contributed by atoms with van der Waals surface area (Å²) >= 11 is 12.0. The Morgan fingerprint density at radius 2 is 1.86 bits per heavy atom. The molecule has 3 aromatic rings. The Morgan fingerprint density at radius 1 is 1.07 bits per heavy atom. The molecule has 1 heterocycles. The molecule has 0 fully saturated rings. The third kappa shape index (κ3) is 5.04. The molecule has 1 N–H and O–H groups in total. The van der Waals surface area contributed by atoms with Gasteiger partial charge in [0.05, 0.1) is 10.0 Å². The highest BCUT2D eigenvalue weighted by molar-refractivity contribution is 6.42. The number of benzene rings is 2. The van der Waals surface area contributed by atoms with Crippen molar-refractivity contribution >= 4 is 35.2 Å². The number of carbonyl (C=O) groups is 1. The van der Waals surface area contributed by atoms with Crippen LogP contribution < -0.4 is 5.32 Å². The van der Waals surface area contributed by atoms with E-state index in [9.17, 15) is 10.1 Å². The summed E-state index contributed by atoms with van der Waals surface area (Å²) in [5.74, 6) is 0.522. The Balaban J connectivity index is 1.67. The number of hydrogen-bond donors (Lipinski definition) is 1. The molecule has 0 spiro atoms. The lowest BCUT2D eigenvalue weighted by molar-refractivity contribution is -0.117. The minimum atomic E-state index is -0.439. The highest BCUT2D eigenvalue weighted by atomic mass is 35.5. The van der Waals surface area contributed by atoms with Gasteiger partial charge in [0.25, 0.3) is 5.91 Å². The summed E-state index contributed by atoms with van der Waals surface area (Å²) in [6, 6.07) is 20.3. The summed E-state index contributed by atoms with van der Waals surface area (Å²) in [5.41, 5.74) is 1.84. The number of nitriles is 1. The molecule has 6 heteroatoms. The third-order valence-corrected chi connectivity index (χ3v) is 4.76. The molecule has 0 aliphatic rings. The van der Waals surface area contributed by atoms with Gasteiger partial charge in [-0.15, -0.1) is 0 Å². The van der Waals surface area contributed by atoms with E-state index in [0.29, 0.717) is 34.5 Å². The zero-order chi connectivity index (χ0) is 19.9. The number of furan rings is 1. The predicted octanol–water partition coefficient (Wildman–Crippen LogP) is 5.52. The first kappa shape index (κ1) is 19.8. The number of amides is 1. The van der Waals surface area contributed by atoms with Gasteiger partial charge in [-0.05, 0) is 42.3 Å². The molecule has 3 rings (SSSR count). The predicted molar refractivity (Wildman–Crippen MR) is 111 cm³/mol. The molecule has 0 aliphatic carbocycles. The van der Waals surface area contributed by atoms with Crippen molar-refractivity contribution in [3.8, 4) is 17.4 Å². The van der Waals surface area contributed by atoms with Crippen LogP contribution in [-0.2, 0) is 11.2 Å². The lowest BCUT2D eigenvalue weighted by Gasteiger charge is -2.04. The average molecular weight is 411 g/mol. The van der Waals surface area contributed by atoms with Gasteiger partial charge in [-0.3, -0.25) is 4.79 Å². The van der Waals surface area contributed by atoms with Crippen molar-refractivity contribution < 1.29 is 9.21 Å². The number of rotatable bonds is 6. The number of nitrogens with one attached hydrogen (secondary N) is 1. The Morgan fingerprint density at radius 3 is 2.57 bits per heavy atom. The van der Waals surface area contributed by atoms with Crippen molar-refractivity contribution in [1.29, 1.82) is 5.26 Å². The fourth-order valence-corrected chi connectivity index (χ4v) is 2.88. The molecule has 0 unspecified atom stereocenters. The zero-order valence-corrected chi connectivity index (χ0v) is 16.3. The monoisotopic (exact) mass is 410 g/mol. The zero-order valence-electron chi connectivity index (χ0n) is 14.8. The van der Waals surface area contributed by atoms with Gasteiger partial charge in [-0.1, -0.05) is 53.5 Å². The van der Waals surface area contributed by atoms with Crippen LogP contribution in [0.4, 0.5) is 0 Å². The Kier molecular flexibility index (Phi) is 6.54. The average Bonchev–Trinajstić information content (AvgIpc) is 3.17. The van der Waals surface area contributed by atoms with Crippen LogP contribution in [0, 0.1) is 11.3 Å². The Bertz CT molecular complexity index is 1050. The minimum Gasteiger partial charge on any atom is -0.457 e. The van der Waals surface area contributed by atoms with E-state index in [1.807, 2.05) is 36.4 Å². The molecule has 0 aliphatic heterocycles. The van der Waals surface area contributed by atoms with Crippen LogP contribution in [0.1, 0.15) is 11.3 Å². The van der Waals surface area contributed by atoms with Crippen molar-refractivity contribution in [2.45, 2.75) is 6.42 Å². The number of hydrogen-bond acceptors (Lipinski definition) is 3. The molecule has 0 radical (unpaired) electrons. The van der Waals surface area contributed by atoms with Crippen molar-refractivity contribution in [2.75, 3.05) is 6.54 Å². The minimum absolute atomic E-state index is 0.0249. The molecule has 2 aromatic carbocycles. The summed E-state index contributed by atoms with van der Waals surface area (Å²) in [4.78, 5) is 12.3. The van der Waals surface area contributed by atoms with Gasteiger partial charge in [-0.25, -0.2) is 0 Å². The normalized spacial score (nSPS) is 11.1. The fraction of sp³-hybridized carbons (Fsp3) is 0.0909. The van der Waals surface area contributed by atoms with E-state index in [1.165, 1.54) is 6.08 Å². The topological polar surface area (TPSA) is 66.0 Å². The van der Waals surface area contributed by atoms with E-state index in [4.69, 9.17) is 27.6 Å². The second-order valence-electron chi connectivity index (χ2n) is 5.99. The second-order valence-corrected chi connectivity index (χ2v) is 6.81. The third-order valence-electron chi connectivity index (χ3n) is 4.02. The first-order valence-electron chi connectivity index (χ1n) is 8.56. The maximum Gasteiger partial charge on any atom is 0.262 e. The maximum atomic E-state index is 12.3. The molecule has 1 aromatic heterocycles. The van der Waals surface area contributed by atoms with Crippen LogP contribution in [0.3, 0.4) is 0 Å². The quantitative estimate of drug-likeness (QED) is 0.429. The lowest BCUT2D eigenvalue weighted by atomic mass is 10.1. The van der Waals surface area contributed by atoms with Crippen molar-refractivity contribution in [3.63, 3.8) is 0 Å². The molecule has 140 valence electrons. The summed E-state index contributed by atoms with van der Waals surface area (Å²) in [6.45, 7) is 0.439. The molecule has 0 saturated heterocycles.